The number of nitrogens with one attached hydrogen (secondary N) is 1. The number of aliphatic hydroxyl groups excluding tert-OH is 1. The van der Waals surface area contributed by atoms with E-state index < -0.39 is 17.7 Å². The highest BCUT2D eigenvalue weighted by atomic mass is 19.1. The van der Waals surface area contributed by atoms with Crippen molar-refractivity contribution in [2.24, 2.45) is 0 Å². The average Bonchev–Trinajstić information content (AvgIpc) is 2.33. The molecule has 0 aliphatic carbocycles. The first-order valence-electron chi connectivity index (χ1n) is 5.96. The van der Waals surface area contributed by atoms with E-state index in [4.69, 9.17) is 0 Å². The lowest BCUT2D eigenvalue weighted by Gasteiger charge is -2.23. The van der Waals surface area contributed by atoms with E-state index in [0.29, 0.717) is 6.42 Å². The molecular weight excluding hydrogens is 224 g/mol. The summed E-state index contributed by atoms with van der Waals surface area (Å²) in [6.07, 6.45) is 0.550. The maximum absolute atomic E-state index is 13.5. The number of aliphatic hydroxyl groups is 1. The topological polar surface area (TPSA) is 32.3 Å². The van der Waals surface area contributed by atoms with Gasteiger partial charge in [-0.2, -0.15) is 0 Å². The Morgan fingerprint density at radius 1 is 1.29 bits per heavy atom. The van der Waals surface area contributed by atoms with Crippen LogP contribution in [0.2, 0.25) is 0 Å². The lowest BCUT2D eigenvalue weighted by molar-refractivity contribution is 0.122. The molecule has 0 aliphatic rings. The van der Waals surface area contributed by atoms with Gasteiger partial charge in [0.15, 0.2) is 0 Å². The van der Waals surface area contributed by atoms with E-state index in [2.05, 4.69) is 5.32 Å². The highest BCUT2D eigenvalue weighted by molar-refractivity contribution is 5.22. The molecule has 0 bridgehead atoms. The van der Waals surface area contributed by atoms with E-state index >= 15 is 0 Å². The van der Waals surface area contributed by atoms with Gasteiger partial charge in [-0.25, -0.2) is 8.78 Å². The van der Waals surface area contributed by atoms with Crippen molar-refractivity contribution in [1.29, 1.82) is 0 Å². The molecule has 1 aromatic carbocycles. The molecule has 0 spiro atoms. The number of hydrogen-bond acceptors (Lipinski definition) is 2. The molecule has 0 aliphatic heterocycles. The van der Waals surface area contributed by atoms with Gasteiger partial charge in [0.2, 0.25) is 0 Å². The molecule has 4 heteroatoms. The molecule has 0 saturated carbocycles. The Kier molecular flexibility index (Phi) is 5.51. The van der Waals surface area contributed by atoms with E-state index in [1.54, 1.807) is 0 Å². The summed E-state index contributed by atoms with van der Waals surface area (Å²) < 4.78 is 26.5. The van der Waals surface area contributed by atoms with Gasteiger partial charge in [-0.3, -0.25) is 0 Å². The maximum Gasteiger partial charge on any atom is 0.129 e. The minimum Gasteiger partial charge on any atom is -0.387 e. The summed E-state index contributed by atoms with van der Waals surface area (Å²) in [7, 11) is 0. The summed E-state index contributed by atoms with van der Waals surface area (Å²) in [5.74, 6) is -1.11. The van der Waals surface area contributed by atoms with Crippen molar-refractivity contribution in [3.05, 3.63) is 35.4 Å². The van der Waals surface area contributed by atoms with Crippen LogP contribution in [-0.2, 0) is 0 Å². The Bertz CT molecular complexity index is 357. The van der Waals surface area contributed by atoms with E-state index in [1.165, 1.54) is 0 Å². The Morgan fingerprint density at radius 3 is 2.59 bits per heavy atom. The van der Waals surface area contributed by atoms with Crippen LogP contribution in [0.15, 0.2) is 18.2 Å². The van der Waals surface area contributed by atoms with Crippen LogP contribution in [0.3, 0.4) is 0 Å². The molecule has 96 valence electrons. The van der Waals surface area contributed by atoms with Crippen molar-refractivity contribution >= 4 is 0 Å². The van der Waals surface area contributed by atoms with Crippen LogP contribution in [-0.4, -0.2) is 17.7 Å². The van der Waals surface area contributed by atoms with E-state index in [0.717, 1.165) is 31.2 Å². The second-order valence-corrected chi connectivity index (χ2v) is 4.08. The van der Waals surface area contributed by atoms with Crippen LogP contribution >= 0.6 is 0 Å². The first-order valence-corrected chi connectivity index (χ1v) is 5.96. The third-order valence-corrected chi connectivity index (χ3v) is 2.75. The standard InChI is InChI=1S/C13H19F2NO/c1-3-7-16-12(4-2)13(17)10-8-9(14)5-6-11(10)15/h5-6,8,12-13,16-17H,3-4,7H2,1-2H3. The van der Waals surface area contributed by atoms with Gasteiger partial charge >= 0.3 is 0 Å². The SMILES string of the molecule is CCCNC(CC)C(O)c1cc(F)ccc1F. The van der Waals surface area contributed by atoms with Crippen LogP contribution < -0.4 is 5.32 Å². The molecule has 0 fully saturated rings. The Labute approximate surface area is 101 Å². The van der Waals surface area contributed by atoms with Crippen LogP contribution in [0.25, 0.3) is 0 Å². The zero-order valence-corrected chi connectivity index (χ0v) is 10.2. The molecule has 1 rings (SSSR count). The summed E-state index contributed by atoms with van der Waals surface area (Å²) in [6.45, 7) is 4.65. The van der Waals surface area contributed by atoms with Gasteiger partial charge in [0.1, 0.15) is 11.6 Å². The fourth-order valence-corrected chi connectivity index (χ4v) is 1.77. The average molecular weight is 243 g/mol. The van der Waals surface area contributed by atoms with Crippen molar-refractivity contribution in [2.75, 3.05) is 6.54 Å². The largest absolute Gasteiger partial charge is 0.387 e. The zero-order chi connectivity index (χ0) is 12.8. The number of halogens is 2. The van der Waals surface area contributed by atoms with Gasteiger partial charge < -0.3 is 10.4 Å². The maximum atomic E-state index is 13.5. The van der Waals surface area contributed by atoms with Gasteiger partial charge in [0, 0.05) is 11.6 Å². The third kappa shape index (κ3) is 3.75. The van der Waals surface area contributed by atoms with Crippen LogP contribution in [0.5, 0.6) is 0 Å². The molecule has 0 aromatic heterocycles. The minimum absolute atomic E-state index is 0.0143. The Balaban J connectivity index is 2.85. The second-order valence-electron chi connectivity index (χ2n) is 4.08. The molecule has 0 heterocycles. The first-order chi connectivity index (χ1) is 8.10. The van der Waals surface area contributed by atoms with Gasteiger partial charge in [-0.05, 0) is 37.6 Å². The molecule has 1 aromatic rings. The molecule has 2 nitrogen and oxygen atoms in total. The van der Waals surface area contributed by atoms with Crippen molar-refractivity contribution < 1.29 is 13.9 Å². The minimum atomic E-state index is -1.03. The van der Waals surface area contributed by atoms with Crippen molar-refractivity contribution in [1.82, 2.24) is 5.32 Å². The molecule has 0 saturated heterocycles. The van der Waals surface area contributed by atoms with Gasteiger partial charge in [-0.1, -0.05) is 13.8 Å². The molecule has 2 N–H and O–H groups in total. The molecule has 0 radical (unpaired) electrons. The summed E-state index contributed by atoms with van der Waals surface area (Å²) in [5.41, 5.74) is 0.0143. The fourth-order valence-electron chi connectivity index (χ4n) is 1.77. The summed E-state index contributed by atoms with van der Waals surface area (Å²) in [4.78, 5) is 0. The van der Waals surface area contributed by atoms with E-state index in [1.807, 2.05) is 13.8 Å². The molecule has 0 amide bonds. The predicted octanol–water partition coefficient (Wildman–Crippen LogP) is 2.78. The zero-order valence-electron chi connectivity index (χ0n) is 10.2. The van der Waals surface area contributed by atoms with Crippen molar-refractivity contribution in [2.45, 2.75) is 38.8 Å². The molecule has 2 atom stereocenters. The summed E-state index contributed by atoms with van der Waals surface area (Å²) in [5, 5.41) is 13.2. The predicted molar refractivity (Wildman–Crippen MR) is 63.7 cm³/mol. The van der Waals surface area contributed by atoms with Crippen LogP contribution in [0, 0.1) is 11.6 Å². The monoisotopic (exact) mass is 243 g/mol. The number of hydrogen-bond donors (Lipinski definition) is 2. The number of benzene rings is 1. The highest BCUT2D eigenvalue weighted by Gasteiger charge is 2.21. The van der Waals surface area contributed by atoms with Gasteiger partial charge in [-0.15, -0.1) is 0 Å². The van der Waals surface area contributed by atoms with E-state index in [-0.39, 0.29) is 11.6 Å². The summed E-state index contributed by atoms with van der Waals surface area (Å²) in [6, 6.07) is 2.88. The quantitative estimate of drug-likeness (QED) is 0.805. The van der Waals surface area contributed by atoms with Gasteiger partial charge in [0.05, 0.1) is 6.10 Å². The lowest BCUT2D eigenvalue weighted by atomic mass is 9.99. The van der Waals surface area contributed by atoms with Crippen LogP contribution in [0.1, 0.15) is 38.4 Å². The summed E-state index contributed by atoms with van der Waals surface area (Å²) >= 11 is 0. The van der Waals surface area contributed by atoms with Crippen molar-refractivity contribution in [3.63, 3.8) is 0 Å². The van der Waals surface area contributed by atoms with E-state index in [9.17, 15) is 13.9 Å². The second kappa shape index (κ2) is 6.67. The first kappa shape index (κ1) is 14.1. The Hall–Kier alpha value is -1.00. The molecule has 17 heavy (non-hydrogen) atoms. The van der Waals surface area contributed by atoms with Gasteiger partial charge in [0.25, 0.3) is 0 Å². The lowest BCUT2D eigenvalue weighted by Crippen LogP contribution is -2.35. The smallest absolute Gasteiger partial charge is 0.129 e. The van der Waals surface area contributed by atoms with Crippen LogP contribution in [0.4, 0.5) is 8.78 Å². The van der Waals surface area contributed by atoms with Crippen molar-refractivity contribution in [3.8, 4) is 0 Å². The molecular formula is C13H19F2NO. The fraction of sp³-hybridized carbons (Fsp3) is 0.538. The highest BCUT2D eigenvalue weighted by Crippen LogP contribution is 2.22. The number of rotatable bonds is 6. The Morgan fingerprint density at radius 2 is 2.00 bits per heavy atom. The third-order valence-electron chi connectivity index (χ3n) is 2.75. The normalized spacial score (nSPS) is 14.6. The molecule has 2 unspecified atom stereocenters.